The molecule has 0 unspecified atom stereocenters. The van der Waals surface area contributed by atoms with Crippen molar-refractivity contribution < 1.29 is 19.4 Å². The molecule has 3 nitrogen and oxygen atoms in total. The Balaban J connectivity index is 2.30. The second-order valence-corrected chi connectivity index (χ2v) is 7.08. The fourth-order valence-corrected chi connectivity index (χ4v) is 3.23. The standard InChI is InChI=1S/C21H21FO3S/c1-13-8-14(2)18(6-7-26-12-17(23)11-21(24)25)19(9-13)16-4-5-20(22)15(3)10-16/h4-5,8-10,17,23H,11-12H2,1-3H3,(H,24,25)/t17-/m0/s1. The van der Waals surface area contributed by atoms with E-state index in [-0.39, 0.29) is 18.0 Å². The summed E-state index contributed by atoms with van der Waals surface area (Å²) in [5.74, 6) is 2.07. The van der Waals surface area contributed by atoms with Crippen LogP contribution in [-0.2, 0) is 4.79 Å². The number of aliphatic hydroxyl groups excluding tert-OH is 1. The quantitative estimate of drug-likeness (QED) is 0.769. The van der Waals surface area contributed by atoms with E-state index in [2.05, 4.69) is 11.2 Å². The van der Waals surface area contributed by atoms with Crippen LogP contribution in [0.1, 0.15) is 28.7 Å². The molecule has 0 amide bonds. The number of carbonyl (C=O) groups is 1. The smallest absolute Gasteiger partial charge is 0.306 e. The second kappa shape index (κ2) is 8.88. The SMILES string of the molecule is Cc1cc(C)c(C#CSC[C@@H](O)CC(=O)O)c(-c2ccc(F)c(C)c2)c1. The lowest BCUT2D eigenvalue weighted by molar-refractivity contribution is -0.138. The molecule has 0 bridgehead atoms. The highest BCUT2D eigenvalue weighted by Gasteiger charge is 2.10. The summed E-state index contributed by atoms with van der Waals surface area (Å²) >= 11 is 1.19. The van der Waals surface area contributed by atoms with Crippen molar-refractivity contribution in [1.82, 2.24) is 0 Å². The van der Waals surface area contributed by atoms with E-state index in [1.807, 2.05) is 26.0 Å². The number of carboxylic acids is 1. The van der Waals surface area contributed by atoms with Gasteiger partial charge in [0, 0.05) is 11.3 Å². The zero-order chi connectivity index (χ0) is 19.3. The van der Waals surface area contributed by atoms with Gasteiger partial charge in [0.25, 0.3) is 0 Å². The Hall–Kier alpha value is -2.29. The van der Waals surface area contributed by atoms with Gasteiger partial charge in [0.1, 0.15) is 5.82 Å². The molecule has 0 saturated carbocycles. The summed E-state index contributed by atoms with van der Waals surface area (Å²) < 4.78 is 13.6. The molecule has 2 aromatic carbocycles. The molecule has 0 aliphatic heterocycles. The van der Waals surface area contributed by atoms with Crippen molar-refractivity contribution in [3.05, 3.63) is 58.4 Å². The molecule has 1 atom stereocenters. The molecule has 0 radical (unpaired) electrons. The maximum absolute atomic E-state index is 13.6. The minimum atomic E-state index is -1.03. The first-order valence-corrected chi connectivity index (χ1v) is 9.17. The Kier molecular flexibility index (Phi) is 6.84. The minimum absolute atomic E-state index is 0.231. The van der Waals surface area contributed by atoms with Crippen molar-refractivity contribution in [3.8, 4) is 22.3 Å². The third-order valence-electron chi connectivity index (χ3n) is 3.88. The van der Waals surface area contributed by atoms with Crippen LogP contribution in [0.5, 0.6) is 0 Å². The summed E-state index contributed by atoms with van der Waals surface area (Å²) in [4.78, 5) is 10.6. The number of hydrogen-bond donors (Lipinski definition) is 2. The number of thioether (sulfide) groups is 1. The highest BCUT2D eigenvalue weighted by atomic mass is 32.2. The molecule has 0 aromatic heterocycles. The van der Waals surface area contributed by atoms with Crippen LogP contribution in [0.2, 0.25) is 0 Å². The van der Waals surface area contributed by atoms with E-state index < -0.39 is 12.1 Å². The van der Waals surface area contributed by atoms with Gasteiger partial charge in [-0.25, -0.2) is 4.39 Å². The van der Waals surface area contributed by atoms with Crippen molar-refractivity contribution >= 4 is 17.7 Å². The van der Waals surface area contributed by atoms with Gasteiger partial charge in [0.2, 0.25) is 0 Å². The van der Waals surface area contributed by atoms with Crippen molar-refractivity contribution in [2.45, 2.75) is 33.3 Å². The summed E-state index contributed by atoms with van der Waals surface area (Å²) in [5, 5.41) is 21.2. The Bertz CT molecular complexity index is 881. The van der Waals surface area contributed by atoms with Gasteiger partial charge in [0.15, 0.2) is 0 Å². The highest BCUT2D eigenvalue weighted by Crippen LogP contribution is 2.29. The van der Waals surface area contributed by atoms with E-state index in [1.165, 1.54) is 17.8 Å². The maximum Gasteiger partial charge on any atom is 0.306 e. The fraction of sp³-hybridized carbons (Fsp3) is 0.286. The number of aryl methyl sites for hydroxylation is 3. The van der Waals surface area contributed by atoms with Gasteiger partial charge in [-0.05, 0) is 60.4 Å². The Morgan fingerprint density at radius 3 is 2.58 bits per heavy atom. The summed E-state index contributed by atoms with van der Waals surface area (Å²) in [5.41, 5.74) is 5.37. The van der Waals surface area contributed by atoms with Crippen LogP contribution < -0.4 is 0 Å². The van der Waals surface area contributed by atoms with E-state index in [1.54, 1.807) is 19.1 Å². The molecule has 26 heavy (non-hydrogen) atoms. The number of aliphatic hydroxyl groups is 1. The number of halogens is 1. The van der Waals surface area contributed by atoms with Crippen LogP contribution in [0.4, 0.5) is 4.39 Å². The van der Waals surface area contributed by atoms with E-state index >= 15 is 0 Å². The van der Waals surface area contributed by atoms with Crippen molar-refractivity contribution in [1.29, 1.82) is 0 Å². The first-order valence-electron chi connectivity index (χ1n) is 8.18. The van der Waals surface area contributed by atoms with Crippen LogP contribution in [0.3, 0.4) is 0 Å². The third-order valence-corrected chi connectivity index (χ3v) is 4.68. The van der Waals surface area contributed by atoms with Crippen molar-refractivity contribution in [2.24, 2.45) is 0 Å². The lowest BCUT2D eigenvalue weighted by Gasteiger charge is -2.11. The van der Waals surface area contributed by atoms with E-state index in [9.17, 15) is 14.3 Å². The van der Waals surface area contributed by atoms with Crippen molar-refractivity contribution in [3.63, 3.8) is 0 Å². The largest absolute Gasteiger partial charge is 0.481 e. The monoisotopic (exact) mass is 372 g/mol. The van der Waals surface area contributed by atoms with E-state index in [0.29, 0.717) is 5.56 Å². The van der Waals surface area contributed by atoms with Crippen LogP contribution in [0, 0.1) is 37.8 Å². The first-order chi connectivity index (χ1) is 12.3. The van der Waals surface area contributed by atoms with Gasteiger partial charge in [0.05, 0.1) is 12.5 Å². The van der Waals surface area contributed by atoms with Crippen LogP contribution in [0.15, 0.2) is 30.3 Å². The lowest BCUT2D eigenvalue weighted by atomic mass is 9.93. The topological polar surface area (TPSA) is 57.5 Å². The van der Waals surface area contributed by atoms with Crippen LogP contribution in [0.25, 0.3) is 11.1 Å². The van der Waals surface area contributed by atoms with E-state index in [4.69, 9.17) is 5.11 Å². The number of carboxylic acid groups (broad SMARTS) is 1. The summed E-state index contributed by atoms with van der Waals surface area (Å²) in [6, 6.07) is 9.06. The Morgan fingerprint density at radius 1 is 1.19 bits per heavy atom. The molecule has 2 aromatic rings. The highest BCUT2D eigenvalue weighted by molar-refractivity contribution is 8.03. The van der Waals surface area contributed by atoms with E-state index in [0.717, 1.165) is 27.8 Å². The molecule has 0 saturated heterocycles. The zero-order valence-corrected chi connectivity index (χ0v) is 15.8. The molecule has 5 heteroatoms. The molecule has 136 valence electrons. The Labute approximate surface area is 157 Å². The first kappa shape index (κ1) is 20.0. The zero-order valence-electron chi connectivity index (χ0n) is 15.0. The van der Waals surface area contributed by atoms with Gasteiger partial charge in [-0.2, -0.15) is 0 Å². The van der Waals surface area contributed by atoms with Gasteiger partial charge in [-0.3, -0.25) is 4.79 Å². The minimum Gasteiger partial charge on any atom is -0.481 e. The molecular formula is C21H21FO3S. The summed E-state index contributed by atoms with van der Waals surface area (Å²) in [6.07, 6.45) is -1.22. The number of benzene rings is 2. The summed E-state index contributed by atoms with van der Waals surface area (Å²) in [7, 11) is 0. The number of rotatable bonds is 5. The lowest BCUT2D eigenvalue weighted by Crippen LogP contribution is -2.14. The average molecular weight is 372 g/mol. The van der Waals surface area contributed by atoms with Gasteiger partial charge in [-0.1, -0.05) is 41.4 Å². The van der Waals surface area contributed by atoms with Gasteiger partial charge in [-0.15, -0.1) is 0 Å². The number of hydrogen-bond acceptors (Lipinski definition) is 3. The predicted octanol–water partition coefficient (Wildman–Crippen LogP) is 4.30. The number of aliphatic carboxylic acids is 1. The molecule has 0 aliphatic rings. The molecule has 0 aliphatic carbocycles. The third kappa shape index (κ3) is 5.35. The normalized spacial score (nSPS) is 11.6. The predicted molar refractivity (Wildman–Crippen MR) is 104 cm³/mol. The Morgan fingerprint density at radius 2 is 1.92 bits per heavy atom. The van der Waals surface area contributed by atoms with Gasteiger partial charge < -0.3 is 10.2 Å². The van der Waals surface area contributed by atoms with Crippen LogP contribution in [-0.4, -0.2) is 28.0 Å². The average Bonchev–Trinajstić information content (AvgIpc) is 2.54. The van der Waals surface area contributed by atoms with Gasteiger partial charge >= 0.3 is 5.97 Å². The molecule has 2 N–H and O–H groups in total. The fourth-order valence-electron chi connectivity index (χ4n) is 2.66. The molecule has 2 rings (SSSR count). The molecular weight excluding hydrogens is 351 g/mol. The molecule has 0 heterocycles. The van der Waals surface area contributed by atoms with Crippen LogP contribution >= 0.6 is 11.8 Å². The molecule has 0 spiro atoms. The summed E-state index contributed by atoms with van der Waals surface area (Å²) in [6.45, 7) is 5.70. The second-order valence-electron chi connectivity index (χ2n) is 6.26. The molecule has 0 fully saturated rings. The van der Waals surface area contributed by atoms with Crippen molar-refractivity contribution in [2.75, 3.05) is 5.75 Å². The maximum atomic E-state index is 13.6.